The van der Waals surface area contributed by atoms with Crippen LogP contribution in [0.1, 0.15) is 15.9 Å². The van der Waals surface area contributed by atoms with Gasteiger partial charge in [0.05, 0.1) is 12.0 Å². The van der Waals surface area contributed by atoms with Gasteiger partial charge in [0.25, 0.3) is 0 Å². The summed E-state index contributed by atoms with van der Waals surface area (Å²) < 4.78 is 0. The van der Waals surface area contributed by atoms with E-state index in [1.807, 2.05) is 0 Å². The maximum absolute atomic E-state index is 10.4. The molecule has 0 bridgehead atoms. The molecule has 1 aromatic carbocycles. The predicted molar refractivity (Wildman–Crippen MR) is 44.8 cm³/mol. The molecule has 0 saturated carbocycles. The SMILES string of the molecule is O=Cc1cccc(CC(=O)O)c1O. The average Bonchev–Trinajstić information content (AvgIpc) is 2.08. The number of phenols is 1. The van der Waals surface area contributed by atoms with Gasteiger partial charge in [-0.1, -0.05) is 12.1 Å². The van der Waals surface area contributed by atoms with Crippen LogP contribution in [0.3, 0.4) is 0 Å². The summed E-state index contributed by atoms with van der Waals surface area (Å²) in [5, 5.41) is 17.8. The van der Waals surface area contributed by atoms with E-state index in [4.69, 9.17) is 5.11 Å². The Bertz CT molecular complexity index is 343. The Hall–Kier alpha value is -1.84. The minimum Gasteiger partial charge on any atom is -0.507 e. The summed E-state index contributed by atoms with van der Waals surface area (Å²) in [4.78, 5) is 20.7. The molecule has 0 saturated heterocycles. The van der Waals surface area contributed by atoms with Gasteiger partial charge < -0.3 is 10.2 Å². The van der Waals surface area contributed by atoms with Gasteiger partial charge in [-0.2, -0.15) is 0 Å². The normalized spacial score (nSPS) is 9.54. The van der Waals surface area contributed by atoms with Crippen LogP contribution in [0.4, 0.5) is 0 Å². The standard InChI is InChI=1S/C9H8O4/c10-5-7-3-1-2-6(9(7)13)4-8(11)12/h1-3,5,13H,4H2,(H,11,12). The van der Waals surface area contributed by atoms with Crippen LogP contribution in [0.2, 0.25) is 0 Å². The van der Waals surface area contributed by atoms with Gasteiger partial charge in [0.1, 0.15) is 5.75 Å². The molecule has 68 valence electrons. The molecule has 0 aliphatic heterocycles. The van der Waals surface area contributed by atoms with E-state index in [9.17, 15) is 14.7 Å². The molecular formula is C9H8O4. The Morgan fingerprint density at radius 3 is 2.69 bits per heavy atom. The predicted octanol–water partition coefficient (Wildman–Crippen LogP) is 0.832. The van der Waals surface area contributed by atoms with Crippen molar-refractivity contribution < 1.29 is 19.8 Å². The number of benzene rings is 1. The van der Waals surface area contributed by atoms with Crippen molar-refractivity contribution in [2.24, 2.45) is 0 Å². The van der Waals surface area contributed by atoms with Crippen LogP contribution in [0.25, 0.3) is 0 Å². The molecule has 0 radical (unpaired) electrons. The molecule has 0 amide bonds. The molecule has 0 aromatic heterocycles. The van der Waals surface area contributed by atoms with E-state index in [0.29, 0.717) is 6.29 Å². The molecule has 0 unspecified atom stereocenters. The van der Waals surface area contributed by atoms with Crippen LogP contribution >= 0.6 is 0 Å². The van der Waals surface area contributed by atoms with Crippen LogP contribution in [-0.2, 0) is 11.2 Å². The lowest BCUT2D eigenvalue weighted by molar-refractivity contribution is -0.136. The number of phenolic OH excluding ortho intramolecular Hbond substituents is 1. The first-order valence-electron chi connectivity index (χ1n) is 3.63. The van der Waals surface area contributed by atoms with Gasteiger partial charge in [-0.15, -0.1) is 0 Å². The fourth-order valence-electron chi connectivity index (χ4n) is 1.01. The number of carbonyl (C=O) groups excluding carboxylic acids is 1. The Morgan fingerprint density at radius 2 is 2.15 bits per heavy atom. The molecule has 0 atom stereocenters. The fourth-order valence-corrected chi connectivity index (χ4v) is 1.01. The number of hydrogen-bond donors (Lipinski definition) is 2. The van der Waals surface area contributed by atoms with Crippen molar-refractivity contribution in [3.8, 4) is 5.75 Å². The zero-order valence-corrected chi connectivity index (χ0v) is 6.73. The highest BCUT2D eigenvalue weighted by molar-refractivity contribution is 5.81. The molecular weight excluding hydrogens is 172 g/mol. The van der Waals surface area contributed by atoms with E-state index in [-0.39, 0.29) is 23.3 Å². The first kappa shape index (κ1) is 9.25. The van der Waals surface area contributed by atoms with Crippen LogP contribution in [-0.4, -0.2) is 22.5 Å². The second kappa shape index (κ2) is 3.71. The lowest BCUT2D eigenvalue weighted by atomic mass is 10.1. The summed E-state index contributed by atoms with van der Waals surface area (Å²) in [5.74, 6) is -1.29. The Kier molecular flexibility index (Phi) is 2.64. The number of aromatic hydroxyl groups is 1. The number of rotatable bonds is 3. The van der Waals surface area contributed by atoms with Crippen LogP contribution < -0.4 is 0 Å². The van der Waals surface area contributed by atoms with Crippen molar-refractivity contribution in [3.05, 3.63) is 29.3 Å². The molecule has 1 rings (SSSR count). The quantitative estimate of drug-likeness (QED) is 0.675. The Morgan fingerprint density at radius 1 is 1.46 bits per heavy atom. The zero-order chi connectivity index (χ0) is 9.84. The number of hydrogen-bond acceptors (Lipinski definition) is 3. The van der Waals surface area contributed by atoms with Gasteiger partial charge in [-0.3, -0.25) is 9.59 Å². The molecule has 1 aromatic rings. The van der Waals surface area contributed by atoms with E-state index in [1.54, 1.807) is 0 Å². The first-order chi connectivity index (χ1) is 6.15. The summed E-state index contributed by atoms with van der Waals surface area (Å²) in [7, 11) is 0. The Balaban J connectivity index is 3.07. The van der Waals surface area contributed by atoms with E-state index < -0.39 is 5.97 Å². The van der Waals surface area contributed by atoms with E-state index in [0.717, 1.165) is 0 Å². The highest BCUT2D eigenvalue weighted by Crippen LogP contribution is 2.21. The van der Waals surface area contributed by atoms with Gasteiger partial charge in [0.2, 0.25) is 0 Å². The molecule has 0 aliphatic rings. The number of carbonyl (C=O) groups is 2. The molecule has 0 aliphatic carbocycles. The topological polar surface area (TPSA) is 74.6 Å². The first-order valence-corrected chi connectivity index (χ1v) is 3.63. The van der Waals surface area contributed by atoms with Gasteiger partial charge >= 0.3 is 5.97 Å². The minimum atomic E-state index is -1.04. The van der Waals surface area contributed by atoms with Crippen LogP contribution in [0.5, 0.6) is 5.75 Å². The largest absolute Gasteiger partial charge is 0.507 e. The van der Waals surface area contributed by atoms with E-state index >= 15 is 0 Å². The molecule has 2 N–H and O–H groups in total. The van der Waals surface area contributed by atoms with Crippen molar-refractivity contribution in [1.82, 2.24) is 0 Å². The fraction of sp³-hybridized carbons (Fsp3) is 0.111. The number of aldehydes is 1. The van der Waals surface area contributed by atoms with Crippen LogP contribution in [0.15, 0.2) is 18.2 Å². The molecule has 4 nitrogen and oxygen atoms in total. The van der Waals surface area contributed by atoms with E-state index in [2.05, 4.69) is 0 Å². The third-order valence-corrected chi connectivity index (χ3v) is 1.62. The van der Waals surface area contributed by atoms with E-state index in [1.165, 1.54) is 18.2 Å². The summed E-state index contributed by atoms with van der Waals surface area (Å²) in [6.45, 7) is 0. The van der Waals surface area contributed by atoms with Gasteiger partial charge in [0.15, 0.2) is 6.29 Å². The lowest BCUT2D eigenvalue weighted by Gasteiger charge is -2.02. The maximum Gasteiger partial charge on any atom is 0.307 e. The third kappa shape index (κ3) is 2.05. The number of aliphatic carboxylic acids is 1. The summed E-state index contributed by atoms with van der Waals surface area (Å²) in [6, 6.07) is 4.42. The zero-order valence-electron chi connectivity index (χ0n) is 6.73. The summed E-state index contributed by atoms with van der Waals surface area (Å²) in [5.41, 5.74) is 0.357. The number of carboxylic acid groups (broad SMARTS) is 1. The van der Waals surface area contributed by atoms with Crippen molar-refractivity contribution >= 4 is 12.3 Å². The monoisotopic (exact) mass is 180 g/mol. The summed E-state index contributed by atoms with van der Waals surface area (Å²) in [6.07, 6.45) is 0.203. The molecule has 4 heteroatoms. The van der Waals surface area contributed by atoms with Gasteiger partial charge in [0, 0.05) is 5.56 Å². The second-order valence-electron chi connectivity index (χ2n) is 2.54. The highest BCUT2D eigenvalue weighted by atomic mass is 16.4. The average molecular weight is 180 g/mol. The smallest absolute Gasteiger partial charge is 0.307 e. The van der Waals surface area contributed by atoms with Crippen molar-refractivity contribution in [2.45, 2.75) is 6.42 Å². The maximum atomic E-state index is 10.4. The minimum absolute atomic E-state index is 0.110. The summed E-state index contributed by atoms with van der Waals surface area (Å²) >= 11 is 0. The van der Waals surface area contributed by atoms with Crippen molar-refractivity contribution in [3.63, 3.8) is 0 Å². The lowest BCUT2D eigenvalue weighted by Crippen LogP contribution is -2.01. The third-order valence-electron chi connectivity index (χ3n) is 1.62. The molecule has 0 heterocycles. The second-order valence-corrected chi connectivity index (χ2v) is 2.54. The molecule has 0 fully saturated rings. The number of carboxylic acids is 1. The van der Waals surface area contributed by atoms with Crippen molar-refractivity contribution in [1.29, 1.82) is 0 Å². The van der Waals surface area contributed by atoms with Gasteiger partial charge in [-0.05, 0) is 6.07 Å². The molecule has 0 spiro atoms. The highest BCUT2D eigenvalue weighted by Gasteiger charge is 2.08. The van der Waals surface area contributed by atoms with Crippen LogP contribution in [0, 0.1) is 0 Å². The van der Waals surface area contributed by atoms with Crippen molar-refractivity contribution in [2.75, 3.05) is 0 Å². The van der Waals surface area contributed by atoms with Gasteiger partial charge in [-0.25, -0.2) is 0 Å². The number of para-hydroxylation sites is 1. The molecule has 13 heavy (non-hydrogen) atoms. The Labute approximate surface area is 74.4 Å².